The molecule has 17 heavy (non-hydrogen) atoms. The van der Waals surface area contributed by atoms with Gasteiger partial charge >= 0.3 is 0 Å². The van der Waals surface area contributed by atoms with Gasteiger partial charge in [-0.2, -0.15) is 0 Å². The topological polar surface area (TPSA) is 0 Å². The maximum Gasteiger partial charge on any atom is -0.0153 e. The van der Waals surface area contributed by atoms with Crippen molar-refractivity contribution in [2.75, 3.05) is 0 Å². The molecule has 0 heterocycles. The van der Waals surface area contributed by atoms with Gasteiger partial charge in [-0.1, -0.05) is 43.9 Å². The van der Waals surface area contributed by atoms with Crippen molar-refractivity contribution >= 4 is 14.5 Å². The Morgan fingerprint density at radius 3 is 2.06 bits per heavy atom. The molecule has 0 saturated heterocycles. The minimum absolute atomic E-state index is 0.860. The second kappa shape index (κ2) is 5.11. The summed E-state index contributed by atoms with van der Waals surface area (Å²) in [5.41, 5.74) is 3.41. The Kier molecular flexibility index (Phi) is 3.52. The van der Waals surface area contributed by atoms with Crippen LogP contribution in [0.1, 0.15) is 74.3 Å². The summed E-state index contributed by atoms with van der Waals surface area (Å²) in [6.45, 7) is 0. The summed E-state index contributed by atoms with van der Waals surface area (Å²) in [6.07, 6.45) is 11.4. The molecule has 0 spiro atoms. The number of benzene rings is 1. The van der Waals surface area contributed by atoms with Crippen molar-refractivity contribution in [1.29, 1.82) is 0 Å². The largest absolute Gasteiger partial charge is 0.105 e. The van der Waals surface area contributed by atoms with Crippen molar-refractivity contribution in [3.05, 3.63) is 29.3 Å². The monoisotopic (exact) mass is 246 g/mol. The SMILES string of the molecule is Pc1cccc(C2CCCC2)c1C1CCCC1. The van der Waals surface area contributed by atoms with Crippen LogP contribution in [0.25, 0.3) is 0 Å². The third-order valence-electron chi connectivity index (χ3n) is 4.73. The van der Waals surface area contributed by atoms with Crippen LogP contribution in [0.4, 0.5) is 0 Å². The third-order valence-corrected chi connectivity index (χ3v) is 5.24. The van der Waals surface area contributed by atoms with Gasteiger partial charge in [-0.15, -0.1) is 9.24 Å². The van der Waals surface area contributed by atoms with Crippen LogP contribution < -0.4 is 5.30 Å². The van der Waals surface area contributed by atoms with E-state index in [2.05, 4.69) is 27.4 Å². The van der Waals surface area contributed by atoms with Crippen LogP contribution in [-0.4, -0.2) is 0 Å². The summed E-state index contributed by atoms with van der Waals surface area (Å²) in [7, 11) is 2.98. The highest BCUT2D eigenvalue weighted by Gasteiger charge is 2.26. The number of hydrogen-bond donors (Lipinski definition) is 0. The molecule has 1 heteroatoms. The molecule has 0 nitrogen and oxygen atoms in total. The number of rotatable bonds is 2. The maximum absolute atomic E-state index is 2.98. The average molecular weight is 246 g/mol. The van der Waals surface area contributed by atoms with Crippen LogP contribution in [0.5, 0.6) is 0 Å². The molecule has 1 atom stereocenters. The van der Waals surface area contributed by atoms with E-state index in [4.69, 9.17) is 0 Å². The third kappa shape index (κ3) is 2.29. The predicted octanol–water partition coefficient (Wildman–Crippen LogP) is 4.50. The van der Waals surface area contributed by atoms with E-state index >= 15 is 0 Å². The van der Waals surface area contributed by atoms with Crippen molar-refractivity contribution in [3.63, 3.8) is 0 Å². The summed E-state index contributed by atoms with van der Waals surface area (Å²) in [5, 5.41) is 1.47. The van der Waals surface area contributed by atoms with Crippen molar-refractivity contribution < 1.29 is 0 Å². The minimum Gasteiger partial charge on any atom is -0.105 e. The highest BCUT2D eigenvalue weighted by molar-refractivity contribution is 7.27. The summed E-state index contributed by atoms with van der Waals surface area (Å²) in [6, 6.07) is 6.96. The first-order chi connectivity index (χ1) is 8.36. The van der Waals surface area contributed by atoms with Crippen molar-refractivity contribution in [2.24, 2.45) is 0 Å². The summed E-state index contributed by atoms with van der Waals surface area (Å²) < 4.78 is 0. The van der Waals surface area contributed by atoms with Gasteiger partial charge in [0.15, 0.2) is 0 Å². The molecule has 2 fully saturated rings. The Labute approximate surface area is 107 Å². The maximum atomic E-state index is 2.98. The lowest BCUT2D eigenvalue weighted by molar-refractivity contribution is 0.668. The van der Waals surface area contributed by atoms with Gasteiger partial charge in [0.25, 0.3) is 0 Å². The van der Waals surface area contributed by atoms with Gasteiger partial charge in [0.2, 0.25) is 0 Å². The fourth-order valence-electron chi connectivity index (χ4n) is 3.88. The smallest absolute Gasteiger partial charge is 0.0153 e. The second-order valence-corrected chi connectivity index (χ2v) is 6.43. The Morgan fingerprint density at radius 1 is 0.824 bits per heavy atom. The van der Waals surface area contributed by atoms with Crippen molar-refractivity contribution in [3.8, 4) is 0 Å². The molecule has 92 valence electrons. The lowest BCUT2D eigenvalue weighted by atomic mass is 9.85. The van der Waals surface area contributed by atoms with Crippen molar-refractivity contribution in [1.82, 2.24) is 0 Å². The quantitative estimate of drug-likeness (QED) is 0.674. The zero-order valence-corrected chi connectivity index (χ0v) is 11.8. The fourth-order valence-corrected chi connectivity index (χ4v) is 4.39. The molecule has 0 aliphatic heterocycles. The van der Waals surface area contributed by atoms with Crippen molar-refractivity contribution in [2.45, 2.75) is 63.2 Å². The van der Waals surface area contributed by atoms with Crippen LogP contribution in [0.3, 0.4) is 0 Å². The van der Waals surface area contributed by atoms with Gasteiger partial charge in [-0.3, -0.25) is 0 Å². The van der Waals surface area contributed by atoms with E-state index in [-0.39, 0.29) is 0 Å². The molecule has 0 bridgehead atoms. The number of hydrogen-bond acceptors (Lipinski definition) is 0. The Hall–Kier alpha value is -0.350. The first kappa shape index (κ1) is 11.7. The first-order valence-electron chi connectivity index (χ1n) is 7.24. The summed E-state index contributed by atoms with van der Waals surface area (Å²) >= 11 is 0. The standard InChI is InChI=1S/C16H23P/c17-15-11-5-10-14(12-6-1-2-7-12)16(15)13-8-3-4-9-13/h5,10-13H,1-4,6-9,17H2. The zero-order valence-electron chi connectivity index (χ0n) is 10.6. The molecule has 2 aliphatic carbocycles. The first-order valence-corrected chi connectivity index (χ1v) is 7.82. The Morgan fingerprint density at radius 2 is 1.41 bits per heavy atom. The molecule has 1 unspecified atom stereocenters. The zero-order chi connectivity index (χ0) is 11.7. The lowest BCUT2D eigenvalue weighted by Gasteiger charge is -2.22. The van der Waals surface area contributed by atoms with E-state index in [1.165, 1.54) is 56.7 Å². The molecule has 1 aromatic rings. The minimum atomic E-state index is 0.860. The van der Waals surface area contributed by atoms with Gasteiger partial charge in [-0.25, -0.2) is 0 Å². The molecule has 0 N–H and O–H groups in total. The van der Waals surface area contributed by atoms with Gasteiger partial charge in [0.1, 0.15) is 0 Å². The van der Waals surface area contributed by atoms with E-state index in [1.807, 2.05) is 0 Å². The lowest BCUT2D eigenvalue weighted by Crippen LogP contribution is -2.12. The molecule has 2 saturated carbocycles. The van der Waals surface area contributed by atoms with E-state index in [0.29, 0.717) is 0 Å². The van der Waals surface area contributed by atoms with E-state index in [0.717, 1.165) is 11.8 Å². The summed E-state index contributed by atoms with van der Waals surface area (Å²) in [5.74, 6) is 1.73. The molecule has 2 aliphatic rings. The molecule has 0 amide bonds. The molecule has 3 rings (SSSR count). The Bertz CT molecular complexity index is 385. The van der Waals surface area contributed by atoms with Crippen LogP contribution in [0.15, 0.2) is 18.2 Å². The van der Waals surface area contributed by atoms with Crippen LogP contribution in [0, 0.1) is 0 Å². The highest BCUT2D eigenvalue weighted by atomic mass is 31.0. The predicted molar refractivity (Wildman–Crippen MR) is 78.2 cm³/mol. The van der Waals surface area contributed by atoms with E-state index in [1.54, 1.807) is 11.1 Å². The Balaban J connectivity index is 1.98. The highest BCUT2D eigenvalue weighted by Crippen LogP contribution is 2.42. The van der Waals surface area contributed by atoms with Gasteiger partial charge in [-0.05, 0) is 54.0 Å². The van der Waals surface area contributed by atoms with Crippen LogP contribution in [0.2, 0.25) is 0 Å². The normalized spacial score (nSPS) is 22.4. The molecular weight excluding hydrogens is 223 g/mol. The molecular formula is C16H23P. The fraction of sp³-hybridized carbons (Fsp3) is 0.625. The van der Waals surface area contributed by atoms with Gasteiger partial charge < -0.3 is 0 Å². The van der Waals surface area contributed by atoms with Crippen LogP contribution >= 0.6 is 9.24 Å². The van der Waals surface area contributed by atoms with Crippen LogP contribution in [-0.2, 0) is 0 Å². The van der Waals surface area contributed by atoms with E-state index in [9.17, 15) is 0 Å². The second-order valence-electron chi connectivity index (χ2n) is 5.81. The van der Waals surface area contributed by atoms with E-state index < -0.39 is 0 Å². The molecule has 1 aromatic carbocycles. The molecule has 0 radical (unpaired) electrons. The average Bonchev–Trinajstić information content (AvgIpc) is 3.02. The van der Waals surface area contributed by atoms with Gasteiger partial charge in [0, 0.05) is 0 Å². The molecule has 0 aromatic heterocycles. The van der Waals surface area contributed by atoms with Gasteiger partial charge in [0.05, 0.1) is 0 Å². The summed E-state index contributed by atoms with van der Waals surface area (Å²) in [4.78, 5) is 0.